The Morgan fingerprint density at radius 1 is 1.25 bits per heavy atom. The number of hydrogen-bond acceptors (Lipinski definition) is 7. The van der Waals surface area contributed by atoms with E-state index in [0.717, 1.165) is 5.56 Å². The molecule has 0 amide bonds. The third-order valence-electron chi connectivity index (χ3n) is 3.97. The fraction of sp³-hybridized carbons (Fsp3) is 0.100. The van der Waals surface area contributed by atoms with E-state index < -0.39 is 0 Å². The summed E-state index contributed by atoms with van der Waals surface area (Å²) < 4.78 is 11.7. The highest BCUT2D eigenvalue weighted by Crippen LogP contribution is 2.33. The molecule has 0 spiro atoms. The second-order valence-corrected chi connectivity index (χ2v) is 5.93. The second kappa shape index (κ2) is 8.62. The van der Waals surface area contributed by atoms with Gasteiger partial charge < -0.3 is 20.2 Å². The van der Waals surface area contributed by atoms with Crippen LogP contribution in [-0.2, 0) is 0 Å². The molecule has 0 radical (unpaired) electrons. The van der Waals surface area contributed by atoms with Gasteiger partial charge in [-0.1, -0.05) is 12.1 Å². The summed E-state index contributed by atoms with van der Waals surface area (Å²) >= 11 is 0. The van der Waals surface area contributed by atoms with E-state index >= 15 is 0 Å². The smallest absolute Gasteiger partial charge is 0.172 e. The number of nitrogens with zero attached hydrogens (tertiary/aromatic N) is 3. The number of aromatic nitrogens is 2. The maximum absolute atomic E-state index is 8.89. The lowest BCUT2D eigenvalue weighted by molar-refractivity contribution is 0.294. The van der Waals surface area contributed by atoms with Crippen molar-refractivity contribution in [3.63, 3.8) is 0 Å². The van der Waals surface area contributed by atoms with Crippen LogP contribution in [0.1, 0.15) is 5.56 Å². The largest absolute Gasteiger partial charge is 0.487 e. The van der Waals surface area contributed by atoms with Crippen LogP contribution in [-0.4, -0.2) is 28.9 Å². The summed E-state index contributed by atoms with van der Waals surface area (Å²) in [6, 6.07) is 16.4. The highest BCUT2D eigenvalue weighted by atomic mass is 16.5. The molecule has 0 fully saturated rings. The van der Waals surface area contributed by atoms with Gasteiger partial charge in [0.05, 0.1) is 23.5 Å². The number of hydrazine groups is 1. The molecule has 0 aliphatic rings. The molecular weight excluding hydrogens is 356 g/mol. The zero-order valence-electron chi connectivity index (χ0n) is 15.3. The Morgan fingerprint density at radius 2 is 2.04 bits per heavy atom. The first kappa shape index (κ1) is 18.8. The molecule has 0 aliphatic carbocycles. The van der Waals surface area contributed by atoms with E-state index in [1.807, 2.05) is 24.3 Å². The lowest BCUT2D eigenvalue weighted by Gasteiger charge is -2.16. The van der Waals surface area contributed by atoms with Gasteiger partial charge >= 0.3 is 0 Å². The van der Waals surface area contributed by atoms with Gasteiger partial charge in [-0.15, -0.1) is 0 Å². The van der Waals surface area contributed by atoms with Crippen molar-refractivity contribution in [2.75, 3.05) is 13.7 Å². The van der Waals surface area contributed by atoms with Gasteiger partial charge in [0, 0.05) is 18.8 Å². The average Bonchev–Trinajstić information content (AvgIpc) is 3.17. The van der Waals surface area contributed by atoms with Crippen LogP contribution in [0.5, 0.6) is 17.2 Å². The molecule has 142 valence electrons. The molecule has 0 atom stereocenters. The maximum atomic E-state index is 8.89. The number of nitrogens with two attached hydrogens (primary N) is 2. The summed E-state index contributed by atoms with van der Waals surface area (Å²) in [5.74, 6) is 7.51. The summed E-state index contributed by atoms with van der Waals surface area (Å²) in [5.41, 5.74) is 8.32. The highest BCUT2D eigenvalue weighted by molar-refractivity contribution is 5.67. The minimum atomic E-state index is 0.241. The normalized spacial score (nSPS) is 11.0. The van der Waals surface area contributed by atoms with Gasteiger partial charge in [-0.3, -0.25) is 5.10 Å². The van der Waals surface area contributed by atoms with Crippen molar-refractivity contribution in [3.05, 3.63) is 72.2 Å². The summed E-state index contributed by atoms with van der Waals surface area (Å²) in [6.45, 7) is 0.241. The summed E-state index contributed by atoms with van der Waals surface area (Å²) in [6.07, 6.45) is 3.00. The molecule has 2 aromatic carbocycles. The minimum Gasteiger partial charge on any atom is -0.487 e. The number of aromatic amines is 1. The molecule has 0 aliphatic heterocycles. The fourth-order valence-corrected chi connectivity index (χ4v) is 2.45. The van der Waals surface area contributed by atoms with Gasteiger partial charge in [0.25, 0.3) is 0 Å². The summed E-state index contributed by atoms with van der Waals surface area (Å²) in [4.78, 5) is 0. The van der Waals surface area contributed by atoms with Gasteiger partial charge in [0.2, 0.25) is 0 Å². The average molecular weight is 376 g/mol. The topological polar surface area (TPSA) is 126 Å². The van der Waals surface area contributed by atoms with Gasteiger partial charge in [-0.05, 0) is 36.4 Å². The van der Waals surface area contributed by atoms with Crippen LogP contribution in [0.25, 0.3) is 11.3 Å². The molecule has 0 unspecified atom stereocenters. The molecule has 1 heterocycles. The maximum Gasteiger partial charge on any atom is 0.172 e. The zero-order chi connectivity index (χ0) is 19.9. The van der Waals surface area contributed by atoms with Crippen molar-refractivity contribution in [1.29, 1.82) is 5.26 Å². The van der Waals surface area contributed by atoms with Crippen molar-refractivity contribution >= 4 is 0 Å². The molecular formula is C20H20N6O2. The number of hydrogen-bond donors (Lipinski definition) is 3. The Morgan fingerprint density at radius 3 is 2.71 bits per heavy atom. The van der Waals surface area contributed by atoms with Crippen LogP contribution in [0.3, 0.4) is 0 Å². The summed E-state index contributed by atoms with van der Waals surface area (Å²) in [7, 11) is 1.69. The van der Waals surface area contributed by atoms with Gasteiger partial charge in [-0.2, -0.15) is 10.4 Å². The molecule has 0 bridgehead atoms. The number of rotatable bonds is 7. The van der Waals surface area contributed by atoms with E-state index in [4.69, 9.17) is 26.3 Å². The first-order chi connectivity index (χ1) is 13.6. The number of H-pyrrole nitrogens is 1. The first-order valence-electron chi connectivity index (χ1n) is 8.44. The lowest BCUT2D eigenvalue weighted by atomic mass is 10.1. The van der Waals surface area contributed by atoms with Crippen molar-refractivity contribution in [2.45, 2.75) is 0 Å². The number of ether oxygens (including phenoxy) is 2. The predicted molar refractivity (Wildman–Crippen MR) is 105 cm³/mol. The SMILES string of the molecule is CN(N)/C(=C\N)COc1cccc(-c2[nH]ncc2Oc2ccc(C#N)cc2)c1. The minimum absolute atomic E-state index is 0.241. The molecule has 8 heteroatoms. The van der Waals surface area contributed by atoms with Crippen LogP contribution >= 0.6 is 0 Å². The van der Waals surface area contributed by atoms with Gasteiger partial charge in [0.15, 0.2) is 5.75 Å². The van der Waals surface area contributed by atoms with Crippen molar-refractivity contribution in [3.8, 4) is 34.6 Å². The van der Waals surface area contributed by atoms with Crippen LogP contribution in [0.15, 0.2) is 66.6 Å². The second-order valence-electron chi connectivity index (χ2n) is 5.93. The number of nitriles is 1. The van der Waals surface area contributed by atoms with E-state index in [1.165, 1.54) is 11.2 Å². The molecule has 28 heavy (non-hydrogen) atoms. The van der Waals surface area contributed by atoms with E-state index in [1.54, 1.807) is 37.5 Å². The van der Waals surface area contributed by atoms with Gasteiger partial charge in [0.1, 0.15) is 23.8 Å². The Bertz CT molecular complexity index is 1000. The Balaban J connectivity index is 1.77. The van der Waals surface area contributed by atoms with Crippen molar-refractivity contribution < 1.29 is 9.47 Å². The molecule has 1 aromatic heterocycles. The van der Waals surface area contributed by atoms with Crippen LogP contribution in [0, 0.1) is 11.3 Å². The molecule has 0 saturated carbocycles. The molecule has 3 aromatic rings. The monoisotopic (exact) mass is 376 g/mol. The summed E-state index contributed by atoms with van der Waals surface area (Å²) in [5, 5.41) is 17.3. The van der Waals surface area contributed by atoms with Crippen molar-refractivity contribution in [2.24, 2.45) is 11.6 Å². The van der Waals surface area contributed by atoms with E-state index in [2.05, 4.69) is 16.3 Å². The van der Waals surface area contributed by atoms with E-state index in [9.17, 15) is 0 Å². The quantitative estimate of drug-likeness (QED) is 0.427. The molecule has 5 N–H and O–H groups in total. The van der Waals surface area contributed by atoms with Crippen LogP contribution < -0.4 is 21.1 Å². The third kappa shape index (κ3) is 4.41. The molecule has 3 rings (SSSR count). The van der Waals surface area contributed by atoms with E-state index in [0.29, 0.717) is 34.2 Å². The van der Waals surface area contributed by atoms with Gasteiger partial charge in [-0.25, -0.2) is 5.84 Å². The predicted octanol–water partition coefficient (Wildman–Crippen LogP) is 2.73. The fourth-order valence-electron chi connectivity index (χ4n) is 2.45. The van der Waals surface area contributed by atoms with Crippen LogP contribution in [0.2, 0.25) is 0 Å². The Hall–Kier alpha value is -3.96. The number of likely N-dealkylation sites (N-methyl/N-ethyl adjacent to an activating group) is 1. The third-order valence-corrected chi connectivity index (χ3v) is 3.97. The highest BCUT2D eigenvalue weighted by Gasteiger charge is 2.11. The van der Waals surface area contributed by atoms with Crippen molar-refractivity contribution in [1.82, 2.24) is 15.2 Å². The molecule has 0 saturated heterocycles. The molecule has 8 nitrogen and oxygen atoms in total. The first-order valence-corrected chi connectivity index (χ1v) is 8.44. The van der Waals surface area contributed by atoms with Crippen LogP contribution in [0.4, 0.5) is 0 Å². The Kier molecular flexibility index (Phi) is 5.79. The standard InChI is InChI=1S/C20H20N6O2/c1-26(23)16(11-22)13-27-18-4-2-3-15(9-18)20-19(12-24-25-20)28-17-7-5-14(10-21)6-8-17/h2-9,11-12H,13,22-23H2,1H3,(H,24,25)/b16-11-. The van der Waals surface area contributed by atoms with E-state index in [-0.39, 0.29) is 6.61 Å². The number of benzene rings is 2. The Labute approximate surface area is 162 Å². The number of nitrogens with one attached hydrogen (secondary N) is 1. The lowest BCUT2D eigenvalue weighted by Crippen LogP contribution is -2.29. The zero-order valence-corrected chi connectivity index (χ0v) is 15.3.